The van der Waals surface area contributed by atoms with Crippen LogP contribution < -0.4 is 10.2 Å². The largest absolute Gasteiger partial charge is 0.356 e. The van der Waals surface area contributed by atoms with Crippen molar-refractivity contribution in [3.8, 4) is 0 Å². The first kappa shape index (κ1) is 24.8. The van der Waals surface area contributed by atoms with Crippen molar-refractivity contribution < 1.29 is 4.79 Å². The van der Waals surface area contributed by atoms with E-state index in [9.17, 15) is 4.79 Å². The highest BCUT2D eigenvalue weighted by Crippen LogP contribution is 2.28. The van der Waals surface area contributed by atoms with E-state index in [1.165, 1.54) is 70.8 Å². The summed E-state index contributed by atoms with van der Waals surface area (Å²) in [4.78, 5) is 29.8. The van der Waals surface area contributed by atoms with Gasteiger partial charge in [-0.1, -0.05) is 38.5 Å². The third-order valence-corrected chi connectivity index (χ3v) is 8.85. The molecule has 4 fully saturated rings. The molecule has 1 amide bonds. The number of nitrogens with one attached hydrogen (secondary N) is 1. The number of carbonyl (C=O) groups is 1. The maximum atomic E-state index is 13.1. The molecule has 1 atom stereocenters. The first-order chi connectivity index (χ1) is 17.3. The molecule has 0 radical (unpaired) electrons. The lowest BCUT2D eigenvalue weighted by Gasteiger charge is -2.43. The van der Waals surface area contributed by atoms with Crippen molar-refractivity contribution in [3.05, 3.63) is 12.3 Å². The normalized spacial score (nSPS) is 26.2. The molecule has 0 spiro atoms. The molecule has 5 rings (SSSR count). The van der Waals surface area contributed by atoms with Crippen LogP contribution in [0.15, 0.2) is 12.3 Å². The summed E-state index contributed by atoms with van der Waals surface area (Å²) in [5.41, 5.74) is 0. The van der Waals surface area contributed by atoms with E-state index in [1.807, 2.05) is 6.20 Å². The molecule has 35 heavy (non-hydrogen) atoms. The first-order valence-corrected chi connectivity index (χ1v) is 14.6. The first-order valence-electron chi connectivity index (χ1n) is 14.6. The lowest BCUT2D eigenvalue weighted by molar-refractivity contribution is -0.137. The highest BCUT2D eigenvalue weighted by atomic mass is 16.2. The molecular formula is C28H46N6O. The van der Waals surface area contributed by atoms with E-state index in [0.29, 0.717) is 23.9 Å². The number of hydrogen-bond donors (Lipinski definition) is 1. The number of carbonyl (C=O) groups excluding carboxylic acids is 1. The van der Waals surface area contributed by atoms with Gasteiger partial charge in [0.1, 0.15) is 5.82 Å². The minimum atomic E-state index is 0.294. The van der Waals surface area contributed by atoms with Crippen LogP contribution in [0.3, 0.4) is 0 Å². The summed E-state index contributed by atoms with van der Waals surface area (Å²) in [6.07, 6.45) is 19.0. The van der Waals surface area contributed by atoms with Crippen LogP contribution >= 0.6 is 0 Å². The zero-order chi connectivity index (χ0) is 23.9. The zero-order valence-corrected chi connectivity index (χ0v) is 21.7. The molecule has 1 aliphatic carbocycles. The second kappa shape index (κ2) is 12.4. The van der Waals surface area contributed by atoms with E-state index in [2.05, 4.69) is 31.1 Å². The van der Waals surface area contributed by atoms with Crippen LogP contribution in [-0.2, 0) is 4.79 Å². The molecule has 194 valence electrons. The van der Waals surface area contributed by atoms with Gasteiger partial charge < -0.3 is 15.1 Å². The number of piperidine rings is 2. The Morgan fingerprint density at radius 2 is 1.51 bits per heavy atom. The molecule has 7 nitrogen and oxygen atoms in total. The molecule has 3 aliphatic heterocycles. The summed E-state index contributed by atoms with van der Waals surface area (Å²) in [6, 6.07) is 3.06. The highest BCUT2D eigenvalue weighted by molar-refractivity contribution is 5.79. The van der Waals surface area contributed by atoms with Gasteiger partial charge in [0.2, 0.25) is 11.9 Å². The van der Waals surface area contributed by atoms with Gasteiger partial charge in [0.15, 0.2) is 0 Å². The standard InChI is InChI=1S/C28H46N6O/c35-27(23-10-5-1-2-6-11-23)33-20-14-25(15-21-33)34-19-9-12-24(22-34)30-28-29-16-13-26(31-28)32-17-7-3-4-8-18-32/h13,16,23-25H,1-12,14-15,17-22H2,(H,29,30,31). The van der Waals surface area contributed by atoms with Gasteiger partial charge in [-0.15, -0.1) is 0 Å². The molecule has 7 heteroatoms. The smallest absolute Gasteiger partial charge is 0.225 e. The number of aromatic nitrogens is 2. The van der Waals surface area contributed by atoms with Crippen LogP contribution in [0, 0.1) is 5.92 Å². The van der Waals surface area contributed by atoms with Crippen LogP contribution in [0.1, 0.15) is 89.9 Å². The fourth-order valence-corrected chi connectivity index (χ4v) is 6.77. The van der Waals surface area contributed by atoms with Gasteiger partial charge in [0, 0.05) is 56.9 Å². The zero-order valence-electron chi connectivity index (χ0n) is 21.7. The topological polar surface area (TPSA) is 64.6 Å². The van der Waals surface area contributed by atoms with Crippen LogP contribution in [0.5, 0.6) is 0 Å². The van der Waals surface area contributed by atoms with E-state index in [-0.39, 0.29) is 0 Å². The Balaban J connectivity index is 1.11. The monoisotopic (exact) mass is 482 g/mol. The van der Waals surface area contributed by atoms with Gasteiger partial charge in [0.05, 0.1) is 0 Å². The highest BCUT2D eigenvalue weighted by Gasteiger charge is 2.32. The quantitative estimate of drug-likeness (QED) is 0.614. The molecule has 0 aromatic carbocycles. The number of nitrogens with zero attached hydrogens (tertiary/aromatic N) is 5. The molecule has 1 aromatic heterocycles. The van der Waals surface area contributed by atoms with E-state index in [0.717, 1.165) is 70.2 Å². The maximum absolute atomic E-state index is 13.1. The Hall–Kier alpha value is -1.89. The number of rotatable bonds is 5. The molecule has 4 heterocycles. The third kappa shape index (κ3) is 6.66. The van der Waals surface area contributed by atoms with Crippen molar-refractivity contribution in [2.45, 2.75) is 102 Å². The minimum absolute atomic E-state index is 0.294. The number of anilines is 2. The average Bonchev–Trinajstić information content (AvgIpc) is 3.35. The lowest BCUT2D eigenvalue weighted by Crippen LogP contribution is -2.52. The Morgan fingerprint density at radius 1 is 0.800 bits per heavy atom. The molecule has 1 aromatic rings. The van der Waals surface area contributed by atoms with Crippen LogP contribution in [0.25, 0.3) is 0 Å². The maximum Gasteiger partial charge on any atom is 0.225 e. The van der Waals surface area contributed by atoms with E-state index in [1.54, 1.807) is 0 Å². The van der Waals surface area contributed by atoms with E-state index >= 15 is 0 Å². The minimum Gasteiger partial charge on any atom is -0.356 e. The van der Waals surface area contributed by atoms with Gasteiger partial charge >= 0.3 is 0 Å². The fraction of sp³-hybridized carbons (Fsp3) is 0.821. The van der Waals surface area contributed by atoms with Gasteiger partial charge in [-0.2, -0.15) is 4.98 Å². The summed E-state index contributed by atoms with van der Waals surface area (Å²) in [7, 11) is 0. The van der Waals surface area contributed by atoms with Crippen molar-refractivity contribution in [1.82, 2.24) is 19.8 Å². The van der Waals surface area contributed by atoms with E-state index in [4.69, 9.17) is 4.98 Å². The average molecular weight is 483 g/mol. The Bertz CT molecular complexity index is 794. The fourth-order valence-electron chi connectivity index (χ4n) is 6.77. The van der Waals surface area contributed by atoms with Crippen molar-refractivity contribution in [1.29, 1.82) is 0 Å². The van der Waals surface area contributed by atoms with Crippen LogP contribution in [0.4, 0.5) is 11.8 Å². The van der Waals surface area contributed by atoms with Crippen LogP contribution in [0.2, 0.25) is 0 Å². The van der Waals surface area contributed by atoms with Crippen molar-refractivity contribution in [3.63, 3.8) is 0 Å². The van der Waals surface area contributed by atoms with Gasteiger partial charge in [-0.05, 0) is 64.0 Å². The predicted octanol–water partition coefficient (Wildman–Crippen LogP) is 4.69. The Kier molecular flexibility index (Phi) is 8.77. The molecule has 1 unspecified atom stereocenters. The molecule has 4 aliphatic rings. The summed E-state index contributed by atoms with van der Waals surface area (Å²) in [6.45, 7) is 6.32. The lowest BCUT2D eigenvalue weighted by atomic mass is 9.95. The van der Waals surface area contributed by atoms with Crippen molar-refractivity contribution >= 4 is 17.7 Å². The SMILES string of the molecule is O=C(C1CCCCCC1)N1CCC(N2CCCC(Nc3nccc(N4CCCCCC4)n3)C2)CC1. The molecule has 0 bridgehead atoms. The third-order valence-electron chi connectivity index (χ3n) is 8.85. The second-order valence-corrected chi connectivity index (χ2v) is 11.4. The Labute approximate surface area is 212 Å². The summed E-state index contributed by atoms with van der Waals surface area (Å²) < 4.78 is 0. The molecule has 3 saturated heterocycles. The molecule has 1 saturated carbocycles. The summed E-state index contributed by atoms with van der Waals surface area (Å²) in [5.74, 6) is 2.60. The summed E-state index contributed by atoms with van der Waals surface area (Å²) in [5, 5.41) is 3.67. The number of hydrogen-bond acceptors (Lipinski definition) is 6. The van der Waals surface area contributed by atoms with Crippen molar-refractivity contribution in [2.75, 3.05) is 49.5 Å². The number of likely N-dealkylation sites (tertiary alicyclic amines) is 2. The van der Waals surface area contributed by atoms with Gasteiger partial charge in [-0.3, -0.25) is 9.69 Å². The predicted molar refractivity (Wildman–Crippen MR) is 142 cm³/mol. The molecule has 1 N–H and O–H groups in total. The Morgan fingerprint density at radius 3 is 2.26 bits per heavy atom. The van der Waals surface area contributed by atoms with E-state index < -0.39 is 0 Å². The van der Waals surface area contributed by atoms with Gasteiger partial charge in [0.25, 0.3) is 0 Å². The molecular weight excluding hydrogens is 436 g/mol. The van der Waals surface area contributed by atoms with Crippen molar-refractivity contribution in [2.24, 2.45) is 5.92 Å². The second-order valence-electron chi connectivity index (χ2n) is 11.4. The summed E-state index contributed by atoms with van der Waals surface area (Å²) >= 11 is 0. The van der Waals surface area contributed by atoms with Gasteiger partial charge in [-0.25, -0.2) is 4.98 Å². The number of amides is 1. The van der Waals surface area contributed by atoms with Crippen LogP contribution in [-0.4, -0.2) is 77.0 Å².